The lowest BCUT2D eigenvalue weighted by atomic mass is 10.5. The molecule has 1 rings (SSSR count). The highest BCUT2D eigenvalue weighted by Crippen LogP contribution is 2.13. The van der Waals surface area contributed by atoms with E-state index in [-0.39, 0.29) is 5.91 Å². The maximum Gasteiger partial charge on any atom is 0.238 e. The molecule has 14 heavy (non-hydrogen) atoms. The smallest absolute Gasteiger partial charge is 0.238 e. The van der Waals surface area contributed by atoms with Crippen molar-refractivity contribution in [1.29, 1.82) is 0 Å². The van der Waals surface area contributed by atoms with Crippen LogP contribution in [0.25, 0.3) is 0 Å². The Kier molecular flexibility index (Phi) is 5.65. The van der Waals surface area contributed by atoms with E-state index in [1.54, 1.807) is 14.2 Å². The Bertz CT molecular complexity index is 148. The first-order valence-electron chi connectivity index (χ1n) is 5.10. The van der Waals surface area contributed by atoms with Gasteiger partial charge in [0.2, 0.25) is 9.04 Å². The molecular weight excluding hydrogens is 200 g/mol. The molecule has 4 nitrogen and oxygen atoms in total. The number of ether oxygens (including phenoxy) is 3. The third-order valence-corrected chi connectivity index (χ3v) is 5.16. The van der Waals surface area contributed by atoms with Crippen LogP contribution in [0.4, 0.5) is 0 Å². The van der Waals surface area contributed by atoms with Crippen molar-refractivity contribution in [1.82, 2.24) is 0 Å². The normalized spacial score (nSPS) is 22.7. The minimum atomic E-state index is -1.39. The fraction of sp³-hybridized carbons (Fsp3) is 1.00. The molecule has 1 saturated heterocycles. The molecule has 0 bridgehead atoms. The van der Waals surface area contributed by atoms with Gasteiger partial charge in [0.15, 0.2) is 5.91 Å². The van der Waals surface area contributed by atoms with Crippen LogP contribution in [-0.2, 0) is 18.6 Å². The Morgan fingerprint density at radius 1 is 1.43 bits per heavy atom. The van der Waals surface area contributed by atoms with Gasteiger partial charge in [-0.2, -0.15) is 0 Å². The number of hydrogen-bond donors (Lipinski definition) is 0. The molecule has 1 aliphatic rings. The standard InChI is InChI=1S/C9H20O4Si/c1-4-5-14(9(10-2)11-3)13-7-8-6-12-8/h8-9,14H,4-7H2,1-3H3. The Hall–Kier alpha value is 0.0569. The molecule has 0 spiro atoms. The molecule has 1 aliphatic heterocycles. The van der Waals surface area contributed by atoms with Crippen LogP contribution >= 0.6 is 0 Å². The third kappa shape index (κ3) is 4.06. The summed E-state index contributed by atoms with van der Waals surface area (Å²) in [5.41, 5.74) is 0. The van der Waals surface area contributed by atoms with Crippen LogP contribution in [-0.4, -0.2) is 48.5 Å². The van der Waals surface area contributed by atoms with Gasteiger partial charge in [-0.1, -0.05) is 13.3 Å². The van der Waals surface area contributed by atoms with Gasteiger partial charge in [0.05, 0.1) is 13.2 Å². The minimum absolute atomic E-state index is 0.131. The summed E-state index contributed by atoms with van der Waals surface area (Å²) in [6, 6.07) is 1.08. The molecule has 0 saturated carbocycles. The van der Waals surface area contributed by atoms with E-state index < -0.39 is 9.04 Å². The topological polar surface area (TPSA) is 40.2 Å². The van der Waals surface area contributed by atoms with Crippen LogP contribution in [0.15, 0.2) is 0 Å². The summed E-state index contributed by atoms with van der Waals surface area (Å²) in [5, 5.41) is 0. The highest BCUT2D eigenvalue weighted by molar-refractivity contribution is 6.52. The van der Waals surface area contributed by atoms with Gasteiger partial charge >= 0.3 is 0 Å². The number of epoxide rings is 1. The first-order valence-corrected chi connectivity index (χ1v) is 7.06. The van der Waals surface area contributed by atoms with E-state index >= 15 is 0 Å². The Balaban J connectivity index is 2.26. The zero-order valence-electron chi connectivity index (χ0n) is 9.19. The van der Waals surface area contributed by atoms with Crippen molar-refractivity contribution < 1.29 is 18.6 Å². The first-order chi connectivity index (χ1) is 6.81. The quantitative estimate of drug-likeness (QED) is 0.343. The largest absolute Gasteiger partial charge is 0.412 e. The van der Waals surface area contributed by atoms with Crippen LogP contribution in [0.3, 0.4) is 0 Å². The molecule has 0 aromatic heterocycles. The molecular formula is C9H20O4Si. The second-order valence-electron chi connectivity index (χ2n) is 3.46. The molecule has 84 valence electrons. The van der Waals surface area contributed by atoms with Crippen LogP contribution < -0.4 is 0 Å². The molecule has 0 N–H and O–H groups in total. The van der Waals surface area contributed by atoms with Gasteiger partial charge in [-0.25, -0.2) is 0 Å². The van der Waals surface area contributed by atoms with Gasteiger partial charge in [-0.05, 0) is 6.04 Å². The second kappa shape index (κ2) is 6.52. The van der Waals surface area contributed by atoms with Crippen LogP contribution in [0.2, 0.25) is 6.04 Å². The summed E-state index contributed by atoms with van der Waals surface area (Å²) in [6.07, 6.45) is 1.45. The van der Waals surface area contributed by atoms with E-state index in [4.69, 9.17) is 18.6 Å². The fourth-order valence-corrected chi connectivity index (χ4v) is 3.61. The van der Waals surface area contributed by atoms with Gasteiger partial charge in [0.25, 0.3) is 0 Å². The predicted molar refractivity (Wildman–Crippen MR) is 55.7 cm³/mol. The van der Waals surface area contributed by atoms with E-state index in [2.05, 4.69) is 6.92 Å². The molecule has 0 aromatic rings. The average Bonchev–Trinajstić information content (AvgIpc) is 2.99. The molecule has 1 fully saturated rings. The SMILES string of the molecule is CCC[SiH](OCC1CO1)C(OC)OC. The van der Waals surface area contributed by atoms with Gasteiger partial charge in [-0.15, -0.1) is 0 Å². The molecule has 0 radical (unpaired) electrons. The van der Waals surface area contributed by atoms with Crippen LogP contribution in [0.1, 0.15) is 13.3 Å². The monoisotopic (exact) mass is 220 g/mol. The highest BCUT2D eigenvalue weighted by Gasteiger charge is 2.28. The average molecular weight is 220 g/mol. The van der Waals surface area contributed by atoms with Crippen molar-refractivity contribution in [3.8, 4) is 0 Å². The highest BCUT2D eigenvalue weighted by atomic mass is 28.3. The van der Waals surface area contributed by atoms with Crippen molar-refractivity contribution in [2.45, 2.75) is 31.4 Å². The van der Waals surface area contributed by atoms with Crippen molar-refractivity contribution in [3.63, 3.8) is 0 Å². The summed E-state index contributed by atoms with van der Waals surface area (Å²) in [7, 11) is 1.95. The van der Waals surface area contributed by atoms with Crippen molar-refractivity contribution >= 4 is 9.04 Å². The van der Waals surface area contributed by atoms with Gasteiger partial charge in [-0.3, -0.25) is 0 Å². The maximum absolute atomic E-state index is 5.81. The van der Waals surface area contributed by atoms with Gasteiger partial charge in [0.1, 0.15) is 6.10 Å². The molecule has 2 unspecified atom stereocenters. The van der Waals surface area contributed by atoms with E-state index in [1.165, 1.54) is 0 Å². The van der Waals surface area contributed by atoms with E-state index in [0.29, 0.717) is 12.7 Å². The number of hydrogen-bond acceptors (Lipinski definition) is 4. The summed E-state index contributed by atoms with van der Waals surface area (Å²) in [6.45, 7) is 3.71. The first kappa shape index (κ1) is 12.1. The molecule has 0 aliphatic carbocycles. The van der Waals surface area contributed by atoms with Crippen LogP contribution in [0, 0.1) is 0 Å². The lowest BCUT2D eigenvalue weighted by Crippen LogP contribution is -2.37. The van der Waals surface area contributed by atoms with E-state index in [9.17, 15) is 0 Å². The maximum atomic E-state index is 5.81. The van der Waals surface area contributed by atoms with Crippen molar-refractivity contribution in [2.75, 3.05) is 27.4 Å². The lowest BCUT2D eigenvalue weighted by molar-refractivity contribution is -0.0581. The minimum Gasteiger partial charge on any atom is -0.412 e. The Labute approximate surface area is 87.2 Å². The summed E-state index contributed by atoms with van der Waals surface area (Å²) >= 11 is 0. The third-order valence-electron chi connectivity index (χ3n) is 2.24. The molecule has 0 amide bonds. The van der Waals surface area contributed by atoms with Crippen molar-refractivity contribution in [3.05, 3.63) is 0 Å². The van der Waals surface area contributed by atoms with Crippen molar-refractivity contribution in [2.24, 2.45) is 0 Å². The second-order valence-corrected chi connectivity index (χ2v) is 5.99. The number of methoxy groups -OCH3 is 2. The van der Waals surface area contributed by atoms with Gasteiger partial charge in [0, 0.05) is 14.2 Å². The summed E-state index contributed by atoms with van der Waals surface area (Å²) < 4.78 is 21.4. The number of rotatable bonds is 8. The zero-order chi connectivity index (χ0) is 10.4. The predicted octanol–water partition coefficient (Wildman–Crippen LogP) is 0.694. The molecule has 1 heterocycles. The summed E-state index contributed by atoms with van der Waals surface area (Å²) in [5.74, 6) is -0.131. The lowest BCUT2D eigenvalue weighted by Gasteiger charge is -2.22. The molecule has 0 aromatic carbocycles. The van der Waals surface area contributed by atoms with Crippen LogP contribution in [0.5, 0.6) is 0 Å². The molecule has 2 atom stereocenters. The summed E-state index contributed by atoms with van der Waals surface area (Å²) in [4.78, 5) is 0. The molecule has 5 heteroatoms. The Morgan fingerprint density at radius 2 is 2.07 bits per heavy atom. The van der Waals surface area contributed by atoms with E-state index in [1.807, 2.05) is 0 Å². The fourth-order valence-electron chi connectivity index (χ4n) is 1.38. The van der Waals surface area contributed by atoms with Gasteiger partial charge < -0.3 is 18.6 Å². The van der Waals surface area contributed by atoms with E-state index in [0.717, 1.165) is 19.1 Å². The zero-order valence-corrected chi connectivity index (χ0v) is 10.3. The Morgan fingerprint density at radius 3 is 2.50 bits per heavy atom.